The van der Waals surface area contributed by atoms with Crippen LogP contribution in [0.3, 0.4) is 0 Å². The monoisotopic (exact) mass is 338 g/mol. The second-order valence-corrected chi connectivity index (χ2v) is 8.42. The molecule has 0 saturated carbocycles. The zero-order valence-electron chi connectivity index (χ0n) is 13.3. The molecule has 0 aromatic carbocycles. The quantitative estimate of drug-likeness (QED) is 0.864. The van der Waals surface area contributed by atoms with Gasteiger partial charge in [0.2, 0.25) is 0 Å². The molecule has 0 saturated heterocycles. The number of carbonyl (C=O) groups excluding carboxylic acids is 1. The van der Waals surface area contributed by atoms with Crippen LogP contribution in [-0.4, -0.2) is 22.1 Å². The van der Waals surface area contributed by atoms with Gasteiger partial charge in [-0.1, -0.05) is 20.8 Å². The van der Waals surface area contributed by atoms with Crippen LogP contribution in [0.5, 0.6) is 0 Å². The summed E-state index contributed by atoms with van der Waals surface area (Å²) >= 11 is 2.92. The fourth-order valence-corrected chi connectivity index (χ4v) is 3.67. The number of carbonyl (C=O) groups is 1. The van der Waals surface area contributed by atoms with Gasteiger partial charge < -0.3 is 5.11 Å². The fourth-order valence-electron chi connectivity index (χ4n) is 1.82. The normalized spacial score (nSPS) is 13.1. The number of aromatic nitrogens is 1. The van der Waals surface area contributed by atoms with Crippen molar-refractivity contribution in [2.24, 2.45) is 0 Å². The van der Waals surface area contributed by atoms with Crippen molar-refractivity contribution in [3.63, 3.8) is 0 Å². The molecule has 120 valence electrons. The Bertz CT molecular complexity index is 639. The highest BCUT2D eigenvalue weighted by Gasteiger charge is 2.18. The van der Waals surface area contributed by atoms with E-state index in [0.29, 0.717) is 16.4 Å². The molecule has 22 heavy (non-hydrogen) atoms. The largest absolute Gasteiger partial charge is 0.393 e. The van der Waals surface area contributed by atoms with Crippen LogP contribution < -0.4 is 5.32 Å². The summed E-state index contributed by atoms with van der Waals surface area (Å²) in [6, 6.07) is 3.78. The Balaban J connectivity index is 1.99. The predicted octanol–water partition coefficient (Wildman–Crippen LogP) is 4.07. The van der Waals surface area contributed by atoms with Crippen molar-refractivity contribution >= 4 is 33.7 Å². The Morgan fingerprint density at radius 3 is 2.73 bits per heavy atom. The topological polar surface area (TPSA) is 62.2 Å². The standard InChI is InChI=1S/C16H22N2O2S2/c1-10(19)5-6-11-7-8-12(22-11)14(20)18-15-17-13(9-21-15)16(2,3)4/h7-10,19H,5-6H2,1-4H3,(H,17,18,20). The van der Waals surface area contributed by atoms with E-state index >= 15 is 0 Å². The molecule has 2 aromatic rings. The third-order valence-corrected chi connectivity index (χ3v) is 5.09. The number of hydrogen-bond acceptors (Lipinski definition) is 5. The number of anilines is 1. The third kappa shape index (κ3) is 4.63. The first-order valence-electron chi connectivity index (χ1n) is 7.30. The van der Waals surface area contributed by atoms with Crippen molar-refractivity contribution in [1.29, 1.82) is 0 Å². The second-order valence-electron chi connectivity index (χ2n) is 6.40. The Hall–Kier alpha value is -1.24. The first-order valence-corrected chi connectivity index (χ1v) is 8.99. The number of amides is 1. The van der Waals surface area contributed by atoms with E-state index in [2.05, 4.69) is 31.1 Å². The number of thiazole rings is 1. The molecule has 2 rings (SSSR count). The molecule has 4 nitrogen and oxygen atoms in total. The molecule has 0 radical (unpaired) electrons. The Kier molecular flexibility index (Phi) is 5.36. The lowest BCUT2D eigenvalue weighted by Crippen LogP contribution is -2.13. The maximum Gasteiger partial charge on any atom is 0.267 e. The van der Waals surface area contributed by atoms with Gasteiger partial charge in [-0.15, -0.1) is 22.7 Å². The van der Waals surface area contributed by atoms with E-state index in [1.54, 1.807) is 6.92 Å². The molecular formula is C16H22N2O2S2. The average Bonchev–Trinajstić information content (AvgIpc) is 3.04. The van der Waals surface area contributed by atoms with E-state index in [-0.39, 0.29) is 17.4 Å². The molecule has 1 amide bonds. The summed E-state index contributed by atoms with van der Waals surface area (Å²) in [5, 5.41) is 14.8. The molecule has 0 spiro atoms. The first kappa shape index (κ1) is 17.1. The molecule has 0 bridgehead atoms. The molecule has 2 aromatic heterocycles. The highest BCUT2D eigenvalue weighted by molar-refractivity contribution is 7.15. The lowest BCUT2D eigenvalue weighted by atomic mass is 9.93. The van der Waals surface area contributed by atoms with Crippen LogP contribution in [0.15, 0.2) is 17.5 Å². The Labute approximate surface area is 139 Å². The van der Waals surface area contributed by atoms with Gasteiger partial charge in [0.05, 0.1) is 16.7 Å². The van der Waals surface area contributed by atoms with Crippen LogP contribution in [-0.2, 0) is 11.8 Å². The fraction of sp³-hybridized carbons (Fsp3) is 0.500. The maximum absolute atomic E-state index is 12.2. The van der Waals surface area contributed by atoms with Crippen LogP contribution in [0.1, 0.15) is 54.4 Å². The lowest BCUT2D eigenvalue weighted by Gasteiger charge is -2.14. The van der Waals surface area contributed by atoms with Gasteiger partial charge in [0, 0.05) is 15.7 Å². The van der Waals surface area contributed by atoms with Gasteiger partial charge in [0.25, 0.3) is 5.91 Å². The first-order chi connectivity index (χ1) is 10.3. The van der Waals surface area contributed by atoms with Crippen LogP contribution in [0.4, 0.5) is 5.13 Å². The smallest absolute Gasteiger partial charge is 0.267 e. The average molecular weight is 338 g/mol. The molecule has 0 aliphatic carbocycles. The van der Waals surface area contributed by atoms with Crippen LogP contribution in [0.2, 0.25) is 0 Å². The highest BCUT2D eigenvalue weighted by atomic mass is 32.1. The number of aliphatic hydroxyl groups excluding tert-OH is 1. The Morgan fingerprint density at radius 1 is 1.41 bits per heavy atom. The van der Waals surface area contributed by atoms with Gasteiger partial charge in [0.15, 0.2) is 5.13 Å². The van der Waals surface area contributed by atoms with Crippen molar-refractivity contribution in [3.8, 4) is 0 Å². The molecule has 1 atom stereocenters. The molecule has 2 heterocycles. The molecule has 0 fully saturated rings. The van der Waals surface area contributed by atoms with Gasteiger partial charge in [-0.3, -0.25) is 10.1 Å². The van der Waals surface area contributed by atoms with Crippen molar-refractivity contribution < 1.29 is 9.90 Å². The minimum Gasteiger partial charge on any atom is -0.393 e. The second kappa shape index (κ2) is 6.89. The summed E-state index contributed by atoms with van der Waals surface area (Å²) in [5.41, 5.74) is 0.966. The number of thiophene rings is 1. The van der Waals surface area contributed by atoms with E-state index < -0.39 is 0 Å². The number of nitrogens with one attached hydrogen (secondary N) is 1. The number of nitrogens with zero attached hydrogens (tertiary/aromatic N) is 1. The number of hydrogen-bond donors (Lipinski definition) is 2. The summed E-state index contributed by atoms with van der Waals surface area (Å²) in [7, 11) is 0. The summed E-state index contributed by atoms with van der Waals surface area (Å²) in [6.07, 6.45) is 1.19. The van der Waals surface area contributed by atoms with Gasteiger partial charge in [-0.05, 0) is 31.9 Å². The van der Waals surface area contributed by atoms with E-state index in [4.69, 9.17) is 0 Å². The molecular weight excluding hydrogens is 316 g/mol. The van der Waals surface area contributed by atoms with Crippen molar-refractivity contribution in [2.45, 2.75) is 52.1 Å². The minimum absolute atomic E-state index is 0.0173. The predicted molar refractivity (Wildman–Crippen MR) is 93.1 cm³/mol. The molecule has 0 aliphatic heterocycles. The zero-order chi connectivity index (χ0) is 16.3. The summed E-state index contributed by atoms with van der Waals surface area (Å²) in [5.74, 6) is -0.122. The molecule has 2 N–H and O–H groups in total. The lowest BCUT2D eigenvalue weighted by molar-refractivity contribution is 0.103. The number of rotatable bonds is 5. The third-order valence-electron chi connectivity index (χ3n) is 3.19. The number of aryl methyl sites for hydroxylation is 1. The van der Waals surface area contributed by atoms with Crippen molar-refractivity contribution in [3.05, 3.63) is 33.0 Å². The zero-order valence-corrected chi connectivity index (χ0v) is 15.0. The Morgan fingerprint density at radius 2 is 2.14 bits per heavy atom. The van der Waals surface area contributed by atoms with E-state index in [9.17, 15) is 9.90 Å². The summed E-state index contributed by atoms with van der Waals surface area (Å²) in [4.78, 5) is 18.5. The molecule has 6 heteroatoms. The minimum atomic E-state index is -0.314. The van der Waals surface area contributed by atoms with Crippen molar-refractivity contribution in [2.75, 3.05) is 5.32 Å². The van der Waals surface area contributed by atoms with Gasteiger partial charge in [-0.2, -0.15) is 0 Å². The maximum atomic E-state index is 12.2. The molecule has 0 aliphatic rings. The van der Waals surface area contributed by atoms with E-state index in [1.807, 2.05) is 17.5 Å². The van der Waals surface area contributed by atoms with E-state index in [0.717, 1.165) is 17.0 Å². The summed E-state index contributed by atoms with van der Waals surface area (Å²) in [6.45, 7) is 8.07. The van der Waals surface area contributed by atoms with Crippen LogP contribution in [0.25, 0.3) is 0 Å². The summed E-state index contributed by atoms with van der Waals surface area (Å²) < 4.78 is 0. The SMILES string of the molecule is CC(O)CCc1ccc(C(=O)Nc2nc(C(C)(C)C)cs2)s1. The van der Waals surface area contributed by atoms with Gasteiger partial charge >= 0.3 is 0 Å². The van der Waals surface area contributed by atoms with E-state index in [1.165, 1.54) is 22.7 Å². The van der Waals surface area contributed by atoms with Crippen LogP contribution in [0, 0.1) is 0 Å². The molecule has 1 unspecified atom stereocenters. The van der Waals surface area contributed by atoms with Crippen molar-refractivity contribution in [1.82, 2.24) is 4.98 Å². The highest BCUT2D eigenvalue weighted by Crippen LogP contribution is 2.27. The van der Waals surface area contributed by atoms with Gasteiger partial charge in [0.1, 0.15) is 0 Å². The van der Waals surface area contributed by atoms with Crippen LogP contribution >= 0.6 is 22.7 Å². The number of aliphatic hydroxyl groups is 1. The van der Waals surface area contributed by atoms with Gasteiger partial charge in [-0.25, -0.2) is 4.98 Å².